The first-order valence-corrected chi connectivity index (χ1v) is 10.8. The molecule has 0 aliphatic carbocycles. The van der Waals surface area contributed by atoms with E-state index >= 15 is 0 Å². The Bertz CT molecular complexity index is 1280. The lowest BCUT2D eigenvalue weighted by Gasteiger charge is -2.08. The maximum atomic E-state index is 12.5. The van der Waals surface area contributed by atoms with Crippen LogP contribution in [0.1, 0.15) is 18.2 Å². The number of para-hydroxylation sites is 1. The minimum Gasteiger partial charge on any atom is -0.494 e. The predicted octanol–water partition coefficient (Wildman–Crippen LogP) is 4.26. The Morgan fingerprint density at radius 1 is 1.16 bits per heavy atom. The molecule has 0 bridgehead atoms. The van der Waals surface area contributed by atoms with E-state index in [0.717, 1.165) is 21.9 Å². The van der Waals surface area contributed by atoms with Crippen LogP contribution in [0.3, 0.4) is 0 Å². The number of nitrogens with one attached hydrogen (secondary N) is 1. The van der Waals surface area contributed by atoms with Crippen LogP contribution in [0.15, 0.2) is 59.5 Å². The molecule has 7 nitrogen and oxygen atoms in total. The molecule has 2 aromatic carbocycles. The summed E-state index contributed by atoms with van der Waals surface area (Å²) in [7, 11) is 0. The van der Waals surface area contributed by atoms with Gasteiger partial charge in [0.25, 0.3) is 0 Å². The van der Waals surface area contributed by atoms with E-state index in [1.165, 1.54) is 17.5 Å². The number of anilines is 1. The van der Waals surface area contributed by atoms with Crippen LogP contribution in [0.5, 0.6) is 5.75 Å². The van der Waals surface area contributed by atoms with Gasteiger partial charge >= 0.3 is 0 Å². The minimum absolute atomic E-state index is 0.128. The molecule has 4 aromatic rings. The number of nitrogens with zero attached hydrogens (tertiary/aromatic N) is 3. The second-order valence-electron chi connectivity index (χ2n) is 6.93. The van der Waals surface area contributed by atoms with Gasteiger partial charge in [0.1, 0.15) is 5.75 Å². The Labute approximate surface area is 183 Å². The third-order valence-corrected chi connectivity index (χ3v) is 5.68. The van der Waals surface area contributed by atoms with Crippen molar-refractivity contribution in [2.45, 2.75) is 26.8 Å². The molecule has 1 amide bonds. The summed E-state index contributed by atoms with van der Waals surface area (Å²) in [6.45, 7) is 4.91. The summed E-state index contributed by atoms with van der Waals surface area (Å²) in [6.07, 6.45) is 1.50. The quantitative estimate of drug-likeness (QED) is 0.470. The third kappa shape index (κ3) is 4.64. The zero-order valence-corrected chi connectivity index (χ0v) is 18.1. The number of aryl methyl sites for hydroxylation is 2. The summed E-state index contributed by atoms with van der Waals surface area (Å²) in [5.74, 6) is 0.660. The number of amides is 1. The topological polar surface area (TPSA) is 86.1 Å². The molecule has 0 saturated heterocycles. The largest absolute Gasteiger partial charge is 0.494 e. The molecule has 0 fully saturated rings. The highest BCUT2D eigenvalue weighted by Gasteiger charge is 2.13. The summed E-state index contributed by atoms with van der Waals surface area (Å²) in [5, 5.41) is 8.19. The number of hydrogen-bond donors (Lipinski definition) is 1. The van der Waals surface area contributed by atoms with Crippen molar-refractivity contribution in [2.24, 2.45) is 0 Å². The highest BCUT2D eigenvalue weighted by Crippen LogP contribution is 2.31. The summed E-state index contributed by atoms with van der Waals surface area (Å²) < 4.78 is 7.16. The van der Waals surface area contributed by atoms with E-state index < -0.39 is 0 Å². The van der Waals surface area contributed by atoms with Gasteiger partial charge in [-0.25, -0.2) is 4.98 Å². The van der Waals surface area contributed by atoms with Crippen molar-refractivity contribution in [1.29, 1.82) is 0 Å². The van der Waals surface area contributed by atoms with Crippen molar-refractivity contribution in [3.63, 3.8) is 0 Å². The van der Waals surface area contributed by atoms with Crippen molar-refractivity contribution < 1.29 is 9.53 Å². The van der Waals surface area contributed by atoms with Gasteiger partial charge in [-0.1, -0.05) is 12.1 Å². The number of thiazole rings is 1. The number of rotatable bonds is 7. The monoisotopic (exact) mass is 434 g/mol. The fourth-order valence-electron chi connectivity index (χ4n) is 3.32. The maximum absolute atomic E-state index is 12.5. The van der Waals surface area contributed by atoms with Crippen molar-refractivity contribution in [3.8, 4) is 17.0 Å². The molecular formula is C23H22N4O3S. The highest BCUT2D eigenvalue weighted by atomic mass is 32.1. The van der Waals surface area contributed by atoms with Gasteiger partial charge in [-0.2, -0.15) is 5.10 Å². The standard InChI is InChI=1S/C23H22N4O3S/c1-3-30-17-10-8-16(9-11-17)22-15(2)31-23(26-22)25-21(29)12-13-27-19-7-5-4-6-18(19)20(28)14-24-27/h4-11,14H,3,12-13H2,1-2H3,(H,25,26,29). The molecule has 2 aromatic heterocycles. The van der Waals surface area contributed by atoms with E-state index in [-0.39, 0.29) is 17.8 Å². The van der Waals surface area contributed by atoms with E-state index in [1.54, 1.807) is 10.7 Å². The Morgan fingerprint density at radius 2 is 1.94 bits per heavy atom. The van der Waals surface area contributed by atoms with Crippen LogP contribution in [-0.4, -0.2) is 27.3 Å². The van der Waals surface area contributed by atoms with E-state index in [0.29, 0.717) is 29.2 Å². The minimum atomic E-state index is -0.156. The average Bonchev–Trinajstić information content (AvgIpc) is 3.14. The fourth-order valence-corrected chi connectivity index (χ4v) is 4.17. The Hall–Kier alpha value is -3.52. The van der Waals surface area contributed by atoms with Crippen molar-refractivity contribution in [2.75, 3.05) is 11.9 Å². The van der Waals surface area contributed by atoms with E-state index in [1.807, 2.05) is 56.3 Å². The summed E-state index contributed by atoms with van der Waals surface area (Å²) in [6, 6.07) is 15.0. The van der Waals surface area contributed by atoms with Crippen LogP contribution in [0.4, 0.5) is 5.13 Å². The van der Waals surface area contributed by atoms with Gasteiger partial charge in [0.2, 0.25) is 11.3 Å². The lowest BCUT2D eigenvalue weighted by Crippen LogP contribution is -2.17. The first-order valence-electron chi connectivity index (χ1n) is 10.0. The third-order valence-electron chi connectivity index (χ3n) is 4.79. The molecular weight excluding hydrogens is 412 g/mol. The molecule has 8 heteroatoms. The molecule has 0 spiro atoms. The summed E-state index contributed by atoms with van der Waals surface area (Å²) in [5.41, 5.74) is 2.40. The van der Waals surface area contributed by atoms with Crippen LogP contribution >= 0.6 is 11.3 Å². The molecule has 1 N–H and O–H groups in total. The zero-order chi connectivity index (χ0) is 21.8. The van der Waals surface area contributed by atoms with Crippen LogP contribution < -0.4 is 15.5 Å². The molecule has 0 unspecified atom stereocenters. The number of fused-ring (bicyclic) bond motifs is 1. The van der Waals surface area contributed by atoms with E-state index in [9.17, 15) is 9.59 Å². The number of benzene rings is 2. The number of aromatic nitrogens is 3. The first kappa shape index (κ1) is 20.7. The van der Waals surface area contributed by atoms with E-state index in [2.05, 4.69) is 15.4 Å². The molecule has 0 aliphatic rings. The van der Waals surface area contributed by atoms with Gasteiger partial charge in [-0.05, 0) is 50.2 Å². The number of carbonyl (C=O) groups excluding carboxylic acids is 1. The molecule has 0 radical (unpaired) electrons. The maximum Gasteiger partial charge on any atom is 0.228 e. The van der Waals surface area contributed by atoms with Gasteiger partial charge < -0.3 is 10.1 Å². The van der Waals surface area contributed by atoms with Gasteiger partial charge in [-0.3, -0.25) is 14.3 Å². The van der Waals surface area contributed by atoms with Crippen LogP contribution in [0.2, 0.25) is 0 Å². The lowest BCUT2D eigenvalue weighted by molar-refractivity contribution is -0.116. The van der Waals surface area contributed by atoms with Gasteiger partial charge in [0, 0.05) is 22.2 Å². The average molecular weight is 435 g/mol. The van der Waals surface area contributed by atoms with Gasteiger partial charge in [-0.15, -0.1) is 11.3 Å². The fraction of sp³-hybridized carbons (Fsp3) is 0.217. The van der Waals surface area contributed by atoms with Crippen molar-refractivity contribution >= 4 is 33.3 Å². The van der Waals surface area contributed by atoms with Gasteiger partial charge in [0.05, 0.1) is 30.6 Å². The molecule has 4 rings (SSSR count). The second-order valence-corrected chi connectivity index (χ2v) is 8.13. The smallest absolute Gasteiger partial charge is 0.228 e. The van der Waals surface area contributed by atoms with E-state index in [4.69, 9.17) is 4.74 Å². The lowest BCUT2D eigenvalue weighted by atomic mass is 10.1. The second kappa shape index (κ2) is 9.09. The first-order chi connectivity index (χ1) is 15.0. The Balaban J connectivity index is 1.43. The summed E-state index contributed by atoms with van der Waals surface area (Å²) in [4.78, 5) is 30.1. The SMILES string of the molecule is CCOc1ccc(-c2nc(NC(=O)CCn3ncc(=O)c4ccccc43)sc2C)cc1. The predicted molar refractivity (Wildman–Crippen MR) is 123 cm³/mol. The van der Waals surface area contributed by atoms with Crippen LogP contribution in [0.25, 0.3) is 22.2 Å². The molecule has 0 saturated carbocycles. The molecule has 158 valence electrons. The highest BCUT2D eigenvalue weighted by molar-refractivity contribution is 7.16. The molecule has 31 heavy (non-hydrogen) atoms. The van der Waals surface area contributed by atoms with Gasteiger partial charge in [0.15, 0.2) is 5.13 Å². The number of hydrogen-bond acceptors (Lipinski definition) is 6. The summed E-state index contributed by atoms with van der Waals surface area (Å²) >= 11 is 1.44. The molecule has 0 aliphatic heterocycles. The van der Waals surface area contributed by atoms with Crippen molar-refractivity contribution in [1.82, 2.24) is 14.8 Å². The molecule has 0 atom stereocenters. The van der Waals surface area contributed by atoms with Crippen LogP contribution in [0, 0.1) is 6.92 Å². The van der Waals surface area contributed by atoms with Crippen molar-refractivity contribution in [3.05, 3.63) is 69.8 Å². The Kier molecular flexibility index (Phi) is 6.08. The zero-order valence-electron chi connectivity index (χ0n) is 17.3. The molecule has 2 heterocycles. The van der Waals surface area contributed by atoms with Crippen LogP contribution in [-0.2, 0) is 11.3 Å². The normalized spacial score (nSPS) is 10.9. The number of carbonyl (C=O) groups is 1. The Morgan fingerprint density at radius 3 is 2.71 bits per heavy atom. The number of ether oxygens (including phenoxy) is 1.